The van der Waals surface area contributed by atoms with Crippen molar-refractivity contribution in [2.45, 2.75) is 24.4 Å². The highest BCUT2D eigenvalue weighted by Crippen LogP contribution is 2.37. The van der Waals surface area contributed by atoms with E-state index in [0.29, 0.717) is 24.8 Å². The van der Waals surface area contributed by atoms with E-state index >= 15 is 0 Å². The minimum absolute atomic E-state index is 0.0102. The summed E-state index contributed by atoms with van der Waals surface area (Å²) in [6.07, 6.45) is -4.02. The molecule has 0 unspecified atom stereocenters. The summed E-state index contributed by atoms with van der Waals surface area (Å²) in [4.78, 5) is -0.171. The Morgan fingerprint density at radius 3 is 2.46 bits per heavy atom. The van der Waals surface area contributed by atoms with Gasteiger partial charge in [-0.05, 0) is 36.8 Å². The van der Waals surface area contributed by atoms with E-state index in [2.05, 4.69) is 4.72 Å². The van der Waals surface area contributed by atoms with Crippen LogP contribution in [0.5, 0.6) is 17.2 Å². The van der Waals surface area contributed by atoms with E-state index in [1.165, 1.54) is 18.2 Å². The van der Waals surface area contributed by atoms with Crippen molar-refractivity contribution in [2.75, 3.05) is 24.5 Å². The number of alkyl halides is 3. The number of hydrogen-bond donors (Lipinski definition) is 1. The van der Waals surface area contributed by atoms with Crippen LogP contribution in [0.25, 0.3) is 0 Å². The van der Waals surface area contributed by atoms with Crippen molar-refractivity contribution >= 4 is 15.7 Å². The van der Waals surface area contributed by atoms with Crippen LogP contribution in [0.3, 0.4) is 0 Å². The Morgan fingerprint density at radius 1 is 1.07 bits per heavy atom. The van der Waals surface area contributed by atoms with Gasteiger partial charge in [0.05, 0.1) is 22.8 Å². The lowest BCUT2D eigenvalue weighted by atomic mass is 10.2. The van der Waals surface area contributed by atoms with Crippen LogP contribution in [-0.2, 0) is 16.2 Å². The Bertz CT molecular complexity index is 960. The zero-order chi connectivity index (χ0) is 20.4. The zero-order valence-electron chi connectivity index (χ0n) is 14.9. The number of benzene rings is 2. The first-order chi connectivity index (χ1) is 13.2. The van der Waals surface area contributed by atoms with E-state index in [0.717, 1.165) is 12.1 Å². The summed E-state index contributed by atoms with van der Waals surface area (Å²) < 4.78 is 82.9. The molecule has 0 spiro atoms. The van der Waals surface area contributed by atoms with E-state index in [-0.39, 0.29) is 35.3 Å². The van der Waals surface area contributed by atoms with Gasteiger partial charge in [-0.15, -0.1) is 0 Å². The molecule has 0 bridgehead atoms. The maximum atomic E-state index is 13.0. The standard InChI is InChI=1S/C18H18F3NO5S/c1-2-7-25-15-5-3-12(18(19,20)21)10-14(15)22-28(23,24)13-4-6-16-17(11-13)27-9-8-26-16/h3-6,10-11,22H,2,7-9H2,1H3. The van der Waals surface area contributed by atoms with Crippen LogP contribution in [0.2, 0.25) is 0 Å². The molecule has 0 amide bonds. The van der Waals surface area contributed by atoms with Crippen molar-refractivity contribution in [1.82, 2.24) is 0 Å². The molecule has 0 atom stereocenters. The van der Waals surface area contributed by atoms with Crippen LogP contribution in [0.1, 0.15) is 18.9 Å². The van der Waals surface area contributed by atoms with Gasteiger partial charge < -0.3 is 14.2 Å². The molecule has 1 aliphatic rings. The maximum Gasteiger partial charge on any atom is 0.416 e. The van der Waals surface area contributed by atoms with E-state index in [9.17, 15) is 21.6 Å². The average molecular weight is 417 g/mol. The average Bonchev–Trinajstić information content (AvgIpc) is 2.65. The number of halogens is 3. The van der Waals surface area contributed by atoms with Gasteiger partial charge in [0.2, 0.25) is 0 Å². The van der Waals surface area contributed by atoms with Gasteiger partial charge in [-0.2, -0.15) is 13.2 Å². The lowest BCUT2D eigenvalue weighted by Crippen LogP contribution is -2.18. The van der Waals surface area contributed by atoms with Gasteiger partial charge in [0, 0.05) is 6.07 Å². The fourth-order valence-electron chi connectivity index (χ4n) is 2.52. The molecule has 152 valence electrons. The topological polar surface area (TPSA) is 73.9 Å². The molecule has 2 aromatic rings. The quantitative estimate of drug-likeness (QED) is 0.767. The van der Waals surface area contributed by atoms with E-state index < -0.39 is 21.8 Å². The minimum atomic E-state index is -4.62. The maximum absolute atomic E-state index is 13.0. The molecule has 28 heavy (non-hydrogen) atoms. The smallest absolute Gasteiger partial charge is 0.416 e. The van der Waals surface area contributed by atoms with Gasteiger partial charge in [0.1, 0.15) is 19.0 Å². The number of ether oxygens (including phenoxy) is 3. The van der Waals surface area contributed by atoms with Crippen molar-refractivity contribution in [1.29, 1.82) is 0 Å². The molecular formula is C18H18F3NO5S. The number of rotatable bonds is 6. The first kappa shape index (κ1) is 20.1. The van der Waals surface area contributed by atoms with Crippen LogP contribution in [0.15, 0.2) is 41.3 Å². The van der Waals surface area contributed by atoms with Gasteiger partial charge in [-0.25, -0.2) is 8.42 Å². The predicted molar refractivity (Wildman–Crippen MR) is 95.5 cm³/mol. The molecule has 2 aromatic carbocycles. The highest BCUT2D eigenvalue weighted by molar-refractivity contribution is 7.92. The third-order valence-electron chi connectivity index (χ3n) is 3.84. The van der Waals surface area contributed by atoms with Crippen molar-refractivity contribution in [3.63, 3.8) is 0 Å². The number of fused-ring (bicyclic) bond motifs is 1. The number of nitrogens with one attached hydrogen (secondary N) is 1. The summed E-state index contributed by atoms with van der Waals surface area (Å²) in [6, 6.07) is 6.63. The zero-order valence-corrected chi connectivity index (χ0v) is 15.7. The van der Waals surface area contributed by atoms with Gasteiger partial charge in [-0.3, -0.25) is 4.72 Å². The third-order valence-corrected chi connectivity index (χ3v) is 5.20. The molecule has 3 rings (SSSR count). The molecule has 1 N–H and O–H groups in total. The number of anilines is 1. The fraction of sp³-hybridized carbons (Fsp3) is 0.333. The molecule has 1 heterocycles. The highest BCUT2D eigenvalue weighted by Gasteiger charge is 2.32. The normalized spacial score (nSPS) is 13.9. The molecule has 1 aliphatic heterocycles. The summed E-state index contributed by atoms with van der Waals surface area (Å²) in [7, 11) is -4.19. The lowest BCUT2D eigenvalue weighted by Gasteiger charge is -2.19. The fourth-order valence-corrected chi connectivity index (χ4v) is 3.59. The summed E-state index contributed by atoms with van der Waals surface area (Å²) >= 11 is 0. The van der Waals surface area contributed by atoms with E-state index in [1.807, 2.05) is 6.92 Å². The highest BCUT2D eigenvalue weighted by atomic mass is 32.2. The van der Waals surface area contributed by atoms with Crippen molar-refractivity contribution in [3.05, 3.63) is 42.0 Å². The van der Waals surface area contributed by atoms with Gasteiger partial charge in [-0.1, -0.05) is 6.92 Å². The van der Waals surface area contributed by atoms with Crippen LogP contribution >= 0.6 is 0 Å². The Kier molecular flexibility index (Phi) is 5.59. The van der Waals surface area contributed by atoms with Crippen molar-refractivity contribution in [2.24, 2.45) is 0 Å². The van der Waals surface area contributed by atoms with Gasteiger partial charge >= 0.3 is 6.18 Å². The van der Waals surface area contributed by atoms with Crippen LogP contribution in [-0.4, -0.2) is 28.2 Å². The predicted octanol–water partition coefficient (Wildman–Crippen LogP) is 4.07. The summed E-state index contributed by atoms with van der Waals surface area (Å²) in [5, 5.41) is 0. The largest absolute Gasteiger partial charge is 0.491 e. The molecule has 6 nitrogen and oxygen atoms in total. The Labute approximate surface area is 160 Å². The first-order valence-electron chi connectivity index (χ1n) is 8.47. The Balaban J connectivity index is 1.96. The Morgan fingerprint density at radius 2 is 1.79 bits per heavy atom. The van der Waals surface area contributed by atoms with E-state index in [1.54, 1.807) is 0 Å². The summed E-state index contributed by atoms with van der Waals surface area (Å²) in [5.74, 6) is 0.660. The molecule has 0 aromatic heterocycles. The van der Waals surface area contributed by atoms with Crippen molar-refractivity contribution in [3.8, 4) is 17.2 Å². The SMILES string of the molecule is CCCOc1ccc(C(F)(F)F)cc1NS(=O)(=O)c1ccc2c(c1)OCCO2. The molecule has 0 fully saturated rings. The van der Waals surface area contributed by atoms with Gasteiger partial charge in [0.25, 0.3) is 10.0 Å². The molecular weight excluding hydrogens is 399 g/mol. The van der Waals surface area contributed by atoms with E-state index in [4.69, 9.17) is 14.2 Å². The Hall–Kier alpha value is -2.62. The number of sulfonamides is 1. The molecule has 0 saturated carbocycles. The van der Waals surface area contributed by atoms with Crippen molar-refractivity contribution < 1.29 is 35.8 Å². The molecule has 0 saturated heterocycles. The summed E-state index contributed by atoms with van der Waals surface area (Å²) in [6.45, 7) is 2.67. The number of hydrogen-bond acceptors (Lipinski definition) is 5. The van der Waals surface area contributed by atoms with Crippen LogP contribution in [0, 0.1) is 0 Å². The van der Waals surface area contributed by atoms with Crippen LogP contribution < -0.4 is 18.9 Å². The molecule has 10 heteroatoms. The molecule has 0 aliphatic carbocycles. The molecule has 0 radical (unpaired) electrons. The second-order valence-electron chi connectivity index (χ2n) is 5.97. The first-order valence-corrected chi connectivity index (χ1v) is 9.95. The summed E-state index contributed by atoms with van der Waals surface area (Å²) in [5.41, 5.74) is -1.28. The third kappa shape index (κ3) is 4.44. The monoisotopic (exact) mass is 417 g/mol. The van der Waals surface area contributed by atoms with Crippen LogP contribution in [0.4, 0.5) is 18.9 Å². The second kappa shape index (κ2) is 7.78. The lowest BCUT2D eigenvalue weighted by molar-refractivity contribution is -0.137. The van der Waals surface area contributed by atoms with Gasteiger partial charge in [0.15, 0.2) is 11.5 Å². The second-order valence-corrected chi connectivity index (χ2v) is 7.65. The minimum Gasteiger partial charge on any atom is -0.491 e.